The molecule has 0 aliphatic heterocycles. The average molecular weight is 293 g/mol. The lowest BCUT2D eigenvalue weighted by Crippen LogP contribution is -2.31. The molecule has 0 atom stereocenters. The first-order valence-corrected chi connectivity index (χ1v) is 5.90. The summed E-state index contributed by atoms with van der Waals surface area (Å²) in [7, 11) is 1.88. The van der Waals surface area contributed by atoms with Crippen LogP contribution in [-0.2, 0) is 4.79 Å². The third-order valence-electron chi connectivity index (χ3n) is 2.12. The zero-order valence-electron chi connectivity index (χ0n) is 10.2. The summed E-state index contributed by atoms with van der Waals surface area (Å²) in [5.74, 6) is 0.389. The highest BCUT2D eigenvalue weighted by atomic mass is 35.5. The van der Waals surface area contributed by atoms with Crippen LogP contribution in [0.4, 0.5) is 0 Å². The molecule has 0 bridgehead atoms. The molecule has 1 amide bonds. The monoisotopic (exact) mass is 292 g/mol. The SMILES string of the molecule is CNCCCNC(=O)COc1ccccc1Cl.Cl. The van der Waals surface area contributed by atoms with Crippen LogP contribution in [0.1, 0.15) is 6.42 Å². The Kier molecular flexibility index (Phi) is 9.46. The fourth-order valence-corrected chi connectivity index (χ4v) is 1.44. The van der Waals surface area contributed by atoms with Gasteiger partial charge in [0.05, 0.1) is 5.02 Å². The number of para-hydroxylation sites is 1. The first-order chi connectivity index (χ1) is 8.24. The van der Waals surface area contributed by atoms with E-state index in [1.165, 1.54) is 0 Å². The van der Waals surface area contributed by atoms with Gasteiger partial charge in [0.2, 0.25) is 0 Å². The Morgan fingerprint density at radius 2 is 2.06 bits per heavy atom. The number of hydrogen-bond acceptors (Lipinski definition) is 3. The van der Waals surface area contributed by atoms with Gasteiger partial charge in [-0.15, -0.1) is 12.4 Å². The predicted octanol–water partition coefficient (Wildman–Crippen LogP) is 1.87. The van der Waals surface area contributed by atoms with Gasteiger partial charge in [-0.25, -0.2) is 0 Å². The van der Waals surface area contributed by atoms with E-state index in [2.05, 4.69) is 10.6 Å². The molecule has 0 heterocycles. The van der Waals surface area contributed by atoms with Gasteiger partial charge in [0.25, 0.3) is 5.91 Å². The Morgan fingerprint density at radius 1 is 1.33 bits per heavy atom. The van der Waals surface area contributed by atoms with Crippen molar-refractivity contribution in [2.75, 3.05) is 26.7 Å². The molecule has 0 spiro atoms. The summed E-state index contributed by atoms with van der Waals surface area (Å²) in [5.41, 5.74) is 0. The van der Waals surface area contributed by atoms with Crippen molar-refractivity contribution in [3.05, 3.63) is 29.3 Å². The predicted molar refractivity (Wildman–Crippen MR) is 75.7 cm³/mol. The number of benzene rings is 1. The van der Waals surface area contributed by atoms with Gasteiger partial charge in [0.15, 0.2) is 6.61 Å². The molecule has 1 aromatic carbocycles. The highest BCUT2D eigenvalue weighted by Gasteiger charge is 2.04. The van der Waals surface area contributed by atoms with Crippen molar-refractivity contribution in [2.24, 2.45) is 0 Å². The van der Waals surface area contributed by atoms with E-state index in [9.17, 15) is 4.79 Å². The van der Waals surface area contributed by atoms with Crippen LogP contribution >= 0.6 is 24.0 Å². The van der Waals surface area contributed by atoms with E-state index in [4.69, 9.17) is 16.3 Å². The lowest BCUT2D eigenvalue weighted by atomic mass is 10.3. The molecule has 18 heavy (non-hydrogen) atoms. The van der Waals surface area contributed by atoms with Crippen molar-refractivity contribution in [1.82, 2.24) is 10.6 Å². The molecule has 0 fully saturated rings. The number of amides is 1. The fraction of sp³-hybridized carbons (Fsp3) is 0.417. The highest BCUT2D eigenvalue weighted by molar-refractivity contribution is 6.32. The van der Waals surface area contributed by atoms with E-state index >= 15 is 0 Å². The van der Waals surface area contributed by atoms with E-state index in [1.807, 2.05) is 19.2 Å². The summed E-state index contributed by atoms with van der Waals surface area (Å²) < 4.78 is 5.30. The maximum absolute atomic E-state index is 11.4. The number of halogens is 2. The van der Waals surface area contributed by atoms with Gasteiger partial charge in [0.1, 0.15) is 5.75 Å². The minimum Gasteiger partial charge on any atom is -0.482 e. The third-order valence-corrected chi connectivity index (χ3v) is 2.43. The second-order valence-electron chi connectivity index (χ2n) is 3.53. The lowest BCUT2D eigenvalue weighted by Gasteiger charge is -2.08. The molecule has 1 aromatic rings. The molecule has 102 valence electrons. The summed E-state index contributed by atoms with van der Waals surface area (Å²) >= 11 is 5.89. The normalized spacial score (nSPS) is 9.44. The van der Waals surface area contributed by atoms with Crippen molar-refractivity contribution >= 4 is 29.9 Å². The van der Waals surface area contributed by atoms with E-state index in [1.54, 1.807) is 12.1 Å². The topological polar surface area (TPSA) is 50.4 Å². The third kappa shape index (κ3) is 6.69. The van der Waals surface area contributed by atoms with Crippen molar-refractivity contribution < 1.29 is 9.53 Å². The number of nitrogens with one attached hydrogen (secondary N) is 2. The zero-order valence-corrected chi connectivity index (χ0v) is 11.8. The molecule has 0 saturated carbocycles. The van der Waals surface area contributed by atoms with Gasteiger partial charge in [-0.2, -0.15) is 0 Å². The molecule has 0 unspecified atom stereocenters. The maximum Gasteiger partial charge on any atom is 0.257 e. The molecular formula is C12H18Cl2N2O2. The molecule has 0 aliphatic carbocycles. The Hall–Kier alpha value is -0.970. The van der Waals surface area contributed by atoms with Gasteiger partial charge in [-0.1, -0.05) is 23.7 Å². The van der Waals surface area contributed by atoms with E-state index in [0.29, 0.717) is 17.3 Å². The van der Waals surface area contributed by atoms with Gasteiger partial charge < -0.3 is 15.4 Å². The maximum atomic E-state index is 11.4. The average Bonchev–Trinajstić information content (AvgIpc) is 2.34. The Bertz CT molecular complexity index is 362. The molecular weight excluding hydrogens is 275 g/mol. The summed E-state index contributed by atoms with van der Waals surface area (Å²) in [6.45, 7) is 1.51. The van der Waals surface area contributed by atoms with Gasteiger partial charge in [0, 0.05) is 6.54 Å². The molecule has 4 nitrogen and oxygen atoms in total. The van der Waals surface area contributed by atoms with Crippen LogP contribution in [0.25, 0.3) is 0 Å². The molecule has 0 aromatic heterocycles. The second kappa shape index (κ2) is 10.00. The van der Waals surface area contributed by atoms with Gasteiger partial charge in [-0.05, 0) is 32.1 Å². The van der Waals surface area contributed by atoms with E-state index < -0.39 is 0 Å². The Labute approximate surface area is 118 Å². The molecule has 0 saturated heterocycles. The van der Waals surface area contributed by atoms with Crippen LogP contribution in [-0.4, -0.2) is 32.7 Å². The number of rotatable bonds is 7. The fourth-order valence-electron chi connectivity index (χ4n) is 1.25. The highest BCUT2D eigenvalue weighted by Crippen LogP contribution is 2.22. The summed E-state index contributed by atoms with van der Waals surface area (Å²) in [6, 6.07) is 7.08. The quantitative estimate of drug-likeness (QED) is 0.755. The van der Waals surface area contributed by atoms with Crippen molar-refractivity contribution in [1.29, 1.82) is 0 Å². The number of ether oxygens (including phenoxy) is 1. The Balaban J connectivity index is 0.00000289. The standard InChI is InChI=1S/C12H17ClN2O2.ClH/c1-14-7-4-8-15-12(16)9-17-11-6-3-2-5-10(11)13;/h2-3,5-6,14H,4,7-9H2,1H3,(H,15,16);1H. The van der Waals surface area contributed by atoms with Crippen LogP contribution in [0, 0.1) is 0 Å². The number of carbonyl (C=O) groups excluding carboxylic acids is 1. The zero-order chi connectivity index (χ0) is 12.5. The molecule has 2 N–H and O–H groups in total. The van der Waals surface area contributed by atoms with Crippen LogP contribution in [0.5, 0.6) is 5.75 Å². The summed E-state index contributed by atoms with van der Waals surface area (Å²) in [4.78, 5) is 11.4. The van der Waals surface area contributed by atoms with Crippen molar-refractivity contribution in [2.45, 2.75) is 6.42 Å². The lowest BCUT2D eigenvalue weighted by molar-refractivity contribution is -0.123. The van der Waals surface area contributed by atoms with Gasteiger partial charge >= 0.3 is 0 Å². The minimum absolute atomic E-state index is 0. The Morgan fingerprint density at radius 3 is 2.72 bits per heavy atom. The van der Waals surface area contributed by atoms with Crippen LogP contribution < -0.4 is 15.4 Å². The molecule has 0 aliphatic rings. The van der Waals surface area contributed by atoms with Crippen LogP contribution in [0.15, 0.2) is 24.3 Å². The van der Waals surface area contributed by atoms with Crippen molar-refractivity contribution in [3.8, 4) is 5.75 Å². The second-order valence-corrected chi connectivity index (χ2v) is 3.93. The molecule has 1 rings (SSSR count). The van der Waals surface area contributed by atoms with Crippen molar-refractivity contribution in [3.63, 3.8) is 0 Å². The smallest absolute Gasteiger partial charge is 0.257 e. The minimum atomic E-state index is -0.138. The largest absolute Gasteiger partial charge is 0.482 e. The van der Waals surface area contributed by atoms with Gasteiger partial charge in [-0.3, -0.25) is 4.79 Å². The summed E-state index contributed by atoms with van der Waals surface area (Å²) in [6.07, 6.45) is 0.897. The first kappa shape index (κ1) is 17.0. The van der Waals surface area contributed by atoms with E-state index in [-0.39, 0.29) is 24.9 Å². The van der Waals surface area contributed by atoms with Crippen LogP contribution in [0.2, 0.25) is 5.02 Å². The van der Waals surface area contributed by atoms with E-state index in [0.717, 1.165) is 13.0 Å². The number of carbonyl (C=O) groups is 1. The summed E-state index contributed by atoms with van der Waals surface area (Å²) in [5, 5.41) is 6.28. The van der Waals surface area contributed by atoms with Crippen LogP contribution in [0.3, 0.4) is 0 Å². The first-order valence-electron chi connectivity index (χ1n) is 5.52. The number of hydrogen-bond donors (Lipinski definition) is 2. The molecule has 6 heteroatoms. The molecule has 0 radical (unpaired) electrons.